The second-order valence-electron chi connectivity index (χ2n) is 3.72. The molecule has 0 aliphatic carbocycles. The Balaban J connectivity index is 2.13. The van der Waals surface area contributed by atoms with Gasteiger partial charge in [0.2, 0.25) is 5.91 Å². The van der Waals surface area contributed by atoms with Crippen molar-refractivity contribution in [2.75, 3.05) is 10.6 Å². The number of nitrogens with zero attached hydrogens (tertiary/aromatic N) is 1. The molecule has 1 aromatic heterocycles. The van der Waals surface area contributed by atoms with E-state index in [4.69, 9.17) is 5.11 Å². The van der Waals surface area contributed by atoms with Crippen molar-refractivity contribution in [1.29, 1.82) is 0 Å². The molecule has 2 rings (SSSR count). The summed E-state index contributed by atoms with van der Waals surface area (Å²) in [6.07, 6.45) is 0. The predicted octanol–water partition coefficient (Wildman–Crippen LogP) is 2.54. The van der Waals surface area contributed by atoms with Gasteiger partial charge in [0.25, 0.3) is 0 Å². The minimum atomic E-state index is -1.07. The Morgan fingerprint density at radius 3 is 2.42 bits per heavy atom. The number of thiazole rings is 1. The van der Waals surface area contributed by atoms with Crippen molar-refractivity contribution < 1.29 is 14.7 Å². The van der Waals surface area contributed by atoms with E-state index in [1.165, 1.54) is 23.8 Å². The first-order valence-corrected chi connectivity index (χ1v) is 6.25. The van der Waals surface area contributed by atoms with Gasteiger partial charge in [-0.15, -0.1) is 11.3 Å². The van der Waals surface area contributed by atoms with Crippen LogP contribution in [-0.2, 0) is 4.79 Å². The van der Waals surface area contributed by atoms with Gasteiger partial charge in [-0.1, -0.05) is 0 Å². The van der Waals surface area contributed by atoms with Crippen LogP contribution in [0.3, 0.4) is 0 Å². The monoisotopic (exact) mass is 277 g/mol. The van der Waals surface area contributed by atoms with Crippen LogP contribution in [-0.4, -0.2) is 22.0 Å². The van der Waals surface area contributed by atoms with Crippen LogP contribution in [0.5, 0.6) is 0 Å². The van der Waals surface area contributed by atoms with Gasteiger partial charge in [0.1, 0.15) is 5.00 Å². The number of hydrogen-bond donors (Lipinski definition) is 3. The quantitative estimate of drug-likeness (QED) is 0.798. The molecule has 0 bridgehead atoms. The van der Waals surface area contributed by atoms with Crippen LogP contribution in [0.1, 0.15) is 17.4 Å². The highest BCUT2D eigenvalue weighted by Gasteiger charge is 2.13. The van der Waals surface area contributed by atoms with E-state index in [1.807, 2.05) is 0 Å². The molecule has 7 heteroatoms. The molecule has 2 aromatic rings. The first kappa shape index (κ1) is 13.0. The largest absolute Gasteiger partial charge is 0.476 e. The van der Waals surface area contributed by atoms with E-state index < -0.39 is 5.97 Å². The maximum absolute atomic E-state index is 10.9. The van der Waals surface area contributed by atoms with Crippen molar-refractivity contribution in [2.45, 2.75) is 6.92 Å². The fourth-order valence-corrected chi connectivity index (χ4v) is 2.15. The van der Waals surface area contributed by atoms with Crippen LogP contribution in [0.25, 0.3) is 0 Å². The molecule has 0 saturated heterocycles. The Labute approximate surface area is 113 Å². The van der Waals surface area contributed by atoms with Gasteiger partial charge < -0.3 is 15.7 Å². The summed E-state index contributed by atoms with van der Waals surface area (Å²) in [6, 6.07) is 6.95. The summed E-state index contributed by atoms with van der Waals surface area (Å²) in [4.78, 5) is 25.5. The molecular weight excluding hydrogens is 266 g/mol. The van der Waals surface area contributed by atoms with Gasteiger partial charge in [0.05, 0.1) is 5.51 Å². The van der Waals surface area contributed by atoms with E-state index in [9.17, 15) is 9.59 Å². The average molecular weight is 277 g/mol. The SMILES string of the molecule is CC(=O)Nc1ccc(Nc2scnc2C(=O)O)cc1. The highest BCUT2D eigenvalue weighted by molar-refractivity contribution is 7.14. The third-order valence-electron chi connectivity index (χ3n) is 2.23. The second kappa shape index (κ2) is 5.49. The molecule has 0 saturated carbocycles. The van der Waals surface area contributed by atoms with Gasteiger partial charge in [0.15, 0.2) is 5.69 Å². The van der Waals surface area contributed by atoms with E-state index in [1.54, 1.807) is 24.3 Å². The molecule has 3 N–H and O–H groups in total. The van der Waals surface area contributed by atoms with Gasteiger partial charge >= 0.3 is 5.97 Å². The number of carboxylic acid groups (broad SMARTS) is 1. The van der Waals surface area contributed by atoms with Crippen molar-refractivity contribution >= 4 is 39.6 Å². The molecule has 98 valence electrons. The molecule has 1 aromatic carbocycles. The van der Waals surface area contributed by atoms with Crippen molar-refractivity contribution in [3.05, 3.63) is 35.5 Å². The number of aromatic carboxylic acids is 1. The minimum Gasteiger partial charge on any atom is -0.476 e. The topological polar surface area (TPSA) is 91.3 Å². The number of nitrogens with one attached hydrogen (secondary N) is 2. The van der Waals surface area contributed by atoms with Crippen LogP contribution >= 0.6 is 11.3 Å². The Morgan fingerprint density at radius 1 is 1.21 bits per heavy atom. The van der Waals surface area contributed by atoms with Crippen molar-refractivity contribution in [1.82, 2.24) is 4.98 Å². The number of carbonyl (C=O) groups is 2. The average Bonchev–Trinajstić information content (AvgIpc) is 2.79. The zero-order valence-corrected chi connectivity index (χ0v) is 10.8. The molecule has 1 amide bonds. The molecule has 0 aliphatic heterocycles. The van der Waals surface area contributed by atoms with Crippen molar-refractivity contribution in [3.63, 3.8) is 0 Å². The lowest BCUT2D eigenvalue weighted by atomic mass is 10.2. The number of amides is 1. The second-order valence-corrected chi connectivity index (χ2v) is 4.57. The van der Waals surface area contributed by atoms with E-state index >= 15 is 0 Å². The van der Waals surface area contributed by atoms with E-state index in [0.29, 0.717) is 10.7 Å². The Kier molecular flexibility index (Phi) is 3.76. The van der Waals surface area contributed by atoms with Gasteiger partial charge in [-0.3, -0.25) is 4.79 Å². The highest BCUT2D eigenvalue weighted by Crippen LogP contribution is 2.25. The van der Waals surface area contributed by atoms with Gasteiger partial charge in [-0.25, -0.2) is 9.78 Å². The number of aromatic nitrogens is 1. The summed E-state index contributed by atoms with van der Waals surface area (Å²) >= 11 is 1.21. The summed E-state index contributed by atoms with van der Waals surface area (Å²) in [5.74, 6) is -1.21. The van der Waals surface area contributed by atoms with Crippen molar-refractivity contribution in [3.8, 4) is 0 Å². The maximum atomic E-state index is 10.9. The summed E-state index contributed by atoms with van der Waals surface area (Å²) in [6.45, 7) is 1.43. The molecule has 0 unspecified atom stereocenters. The van der Waals surface area contributed by atoms with E-state index in [0.717, 1.165) is 5.69 Å². The molecule has 19 heavy (non-hydrogen) atoms. The van der Waals surface area contributed by atoms with Crippen LogP contribution in [0.4, 0.5) is 16.4 Å². The summed E-state index contributed by atoms with van der Waals surface area (Å²) < 4.78 is 0. The van der Waals surface area contributed by atoms with Gasteiger partial charge in [-0.2, -0.15) is 0 Å². The van der Waals surface area contributed by atoms with E-state index in [-0.39, 0.29) is 11.6 Å². The smallest absolute Gasteiger partial charge is 0.357 e. The molecule has 6 nitrogen and oxygen atoms in total. The third-order valence-corrected chi connectivity index (χ3v) is 2.98. The lowest BCUT2D eigenvalue weighted by Crippen LogP contribution is -2.05. The fourth-order valence-electron chi connectivity index (χ4n) is 1.46. The highest BCUT2D eigenvalue weighted by atomic mass is 32.1. The molecule has 0 spiro atoms. The number of rotatable bonds is 4. The first-order chi connectivity index (χ1) is 9.06. The Bertz CT molecular complexity index is 607. The number of carboxylic acids is 1. The predicted molar refractivity (Wildman–Crippen MR) is 73.1 cm³/mol. The maximum Gasteiger partial charge on any atom is 0.357 e. The van der Waals surface area contributed by atoms with Gasteiger partial charge in [0, 0.05) is 18.3 Å². The zero-order valence-electron chi connectivity index (χ0n) is 10.0. The summed E-state index contributed by atoms with van der Waals surface area (Å²) in [7, 11) is 0. The molecule has 0 aliphatic rings. The fraction of sp³-hybridized carbons (Fsp3) is 0.0833. The normalized spacial score (nSPS) is 9.95. The Morgan fingerprint density at radius 2 is 1.84 bits per heavy atom. The number of carbonyl (C=O) groups excluding carboxylic acids is 1. The minimum absolute atomic E-state index is 0.00376. The molecule has 1 heterocycles. The number of benzene rings is 1. The zero-order chi connectivity index (χ0) is 13.8. The van der Waals surface area contributed by atoms with Crippen molar-refractivity contribution in [2.24, 2.45) is 0 Å². The first-order valence-electron chi connectivity index (χ1n) is 5.37. The summed E-state index contributed by atoms with van der Waals surface area (Å²) in [5.41, 5.74) is 2.87. The van der Waals surface area contributed by atoms with E-state index in [2.05, 4.69) is 15.6 Å². The number of anilines is 3. The van der Waals surface area contributed by atoms with Crippen LogP contribution in [0, 0.1) is 0 Å². The molecule has 0 atom stereocenters. The standard InChI is InChI=1S/C12H11N3O3S/c1-7(16)14-8-2-4-9(5-3-8)15-11-10(12(17)18)13-6-19-11/h2-6,15H,1H3,(H,14,16)(H,17,18). The third kappa shape index (κ3) is 3.29. The lowest BCUT2D eigenvalue weighted by molar-refractivity contribution is -0.114. The lowest BCUT2D eigenvalue weighted by Gasteiger charge is -2.06. The molecule has 0 fully saturated rings. The summed E-state index contributed by atoms with van der Waals surface area (Å²) in [5, 5.41) is 15.0. The van der Waals surface area contributed by atoms with Crippen LogP contribution < -0.4 is 10.6 Å². The van der Waals surface area contributed by atoms with Gasteiger partial charge in [-0.05, 0) is 24.3 Å². The van der Waals surface area contributed by atoms with Crippen LogP contribution in [0.2, 0.25) is 0 Å². The Hall–Kier alpha value is -2.41. The molecule has 0 radical (unpaired) electrons. The van der Waals surface area contributed by atoms with Crippen LogP contribution in [0.15, 0.2) is 29.8 Å². The number of hydrogen-bond acceptors (Lipinski definition) is 5. The molecular formula is C12H11N3O3S.